The van der Waals surface area contributed by atoms with Crippen molar-refractivity contribution < 1.29 is 4.39 Å². The number of fused-ring (bicyclic) bond motifs is 4. The van der Waals surface area contributed by atoms with Gasteiger partial charge < -0.3 is 4.57 Å². The van der Waals surface area contributed by atoms with Gasteiger partial charge in [-0.3, -0.25) is 0 Å². The average molecular weight is 281 g/mol. The zero-order valence-electron chi connectivity index (χ0n) is 8.63. The van der Waals surface area contributed by atoms with Crippen LogP contribution in [0.15, 0.2) is 16.6 Å². The number of hydrogen-bond donors (Lipinski definition) is 0. The molecule has 1 aromatic carbocycles. The topological polar surface area (TPSA) is 17.8 Å². The minimum atomic E-state index is -0.220. The Morgan fingerprint density at radius 2 is 2.12 bits per heavy atom. The predicted octanol–water partition coefficient (Wildman–Crippen LogP) is 3.37. The molecule has 2 heterocycles. The van der Waals surface area contributed by atoms with Gasteiger partial charge in [-0.2, -0.15) is 0 Å². The summed E-state index contributed by atoms with van der Waals surface area (Å²) < 4.78 is 16.8. The van der Waals surface area contributed by atoms with Crippen molar-refractivity contribution >= 4 is 27.0 Å². The van der Waals surface area contributed by atoms with Gasteiger partial charge in [-0.1, -0.05) is 15.9 Å². The van der Waals surface area contributed by atoms with Crippen LogP contribution in [0, 0.1) is 5.82 Å². The molecule has 1 aromatic heterocycles. The quantitative estimate of drug-likeness (QED) is 0.724. The van der Waals surface area contributed by atoms with E-state index in [2.05, 4.69) is 25.5 Å². The Labute approximate surface area is 101 Å². The molecule has 2 nitrogen and oxygen atoms in total. The highest BCUT2D eigenvalue weighted by atomic mass is 79.9. The molecule has 4 heteroatoms. The van der Waals surface area contributed by atoms with E-state index in [4.69, 9.17) is 0 Å². The van der Waals surface area contributed by atoms with Crippen LogP contribution in [-0.2, 0) is 12.0 Å². The van der Waals surface area contributed by atoms with Crippen LogP contribution >= 0.6 is 15.9 Å². The molecule has 82 valence electrons. The average Bonchev–Trinajstić information content (AvgIpc) is 2.77. The van der Waals surface area contributed by atoms with E-state index >= 15 is 0 Å². The van der Waals surface area contributed by atoms with Crippen LogP contribution in [0.4, 0.5) is 4.39 Å². The van der Waals surface area contributed by atoms with Gasteiger partial charge in [0.1, 0.15) is 11.3 Å². The summed E-state index contributed by atoms with van der Waals surface area (Å²) in [5.41, 5.74) is 1.78. The lowest BCUT2D eigenvalue weighted by Gasteiger charge is -2.11. The van der Waals surface area contributed by atoms with Crippen LogP contribution in [0.1, 0.15) is 25.1 Å². The van der Waals surface area contributed by atoms with Crippen LogP contribution in [-0.4, -0.2) is 9.55 Å². The highest BCUT2D eigenvalue weighted by Crippen LogP contribution is 2.53. The van der Waals surface area contributed by atoms with Crippen LogP contribution in [0.5, 0.6) is 0 Å². The molecule has 2 aromatic rings. The van der Waals surface area contributed by atoms with E-state index in [1.165, 1.54) is 25.3 Å². The number of aromatic nitrogens is 2. The van der Waals surface area contributed by atoms with E-state index in [1.807, 2.05) is 6.07 Å². The van der Waals surface area contributed by atoms with E-state index in [-0.39, 0.29) is 11.4 Å². The zero-order chi connectivity index (χ0) is 10.9. The third-order valence-corrected chi connectivity index (χ3v) is 4.32. The molecule has 1 fully saturated rings. The van der Waals surface area contributed by atoms with E-state index in [0.717, 1.165) is 22.2 Å². The summed E-state index contributed by atoms with van der Waals surface area (Å²) in [6, 6.07) is 3.48. The third-order valence-electron chi connectivity index (χ3n) is 3.86. The first-order chi connectivity index (χ1) is 7.70. The lowest BCUT2D eigenvalue weighted by molar-refractivity contribution is 0.524. The van der Waals surface area contributed by atoms with Gasteiger partial charge in [0.15, 0.2) is 5.82 Å². The molecular weight excluding hydrogens is 271 g/mol. The number of hydrogen-bond acceptors (Lipinski definition) is 1. The summed E-state index contributed by atoms with van der Waals surface area (Å²) in [5, 5.41) is 0. The molecule has 16 heavy (non-hydrogen) atoms. The Morgan fingerprint density at radius 1 is 1.31 bits per heavy atom. The van der Waals surface area contributed by atoms with Crippen molar-refractivity contribution in [2.24, 2.45) is 0 Å². The van der Waals surface area contributed by atoms with Crippen molar-refractivity contribution in [2.45, 2.75) is 31.2 Å². The Morgan fingerprint density at radius 3 is 2.88 bits per heavy atom. The Bertz CT molecular complexity index is 613. The molecule has 0 atom stereocenters. The Kier molecular flexibility index (Phi) is 1.53. The van der Waals surface area contributed by atoms with Crippen LogP contribution in [0.25, 0.3) is 11.0 Å². The van der Waals surface area contributed by atoms with E-state index in [9.17, 15) is 4.39 Å². The highest BCUT2D eigenvalue weighted by molar-refractivity contribution is 9.10. The molecule has 0 N–H and O–H groups in total. The summed E-state index contributed by atoms with van der Waals surface area (Å²) in [5.74, 6) is 0.839. The van der Waals surface area contributed by atoms with Crippen LogP contribution in [0.3, 0.4) is 0 Å². The lowest BCUT2D eigenvalue weighted by Crippen LogP contribution is -2.10. The number of rotatable bonds is 0. The summed E-state index contributed by atoms with van der Waals surface area (Å²) in [6.45, 7) is 0. The van der Waals surface area contributed by atoms with Gasteiger partial charge in [0.05, 0.1) is 5.52 Å². The van der Waals surface area contributed by atoms with Crippen LogP contribution < -0.4 is 0 Å². The molecule has 1 saturated carbocycles. The molecule has 4 rings (SSSR count). The van der Waals surface area contributed by atoms with Gasteiger partial charge in [0.25, 0.3) is 0 Å². The monoisotopic (exact) mass is 280 g/mol. The van der Waals surface area contributed by atoms with Crippen molar-refractivity contribution in [2.75, 3.05) is 0 Å². The van der Waals surface area contributed by atoms with Crippen molar-refractivity contribution in [1.82, 2.24) is 9.55 Å². The van der Waals surface area contributed by atoms with Gasteiger partial charge in [0.2, 0.25) is 0 Å². The number of nitrogens with zero attached hydrogens (tertiary/aromatic N) is 2. The Balaban J connectivity index is 2.13. The minimum absolute atomic E-state index is 0.220. The molecule has 2 aliphatic rings. The second-order valence-electron chi connectivity index (χ2n) is 4.84. The van der Waals surface area contributed by atoms with E-state index in [1.54, 1.807) is 0 Å². The number of halogens is 2. The first kappa shape index (κ1) is 9.16. The van der Waals surface area contributed by atoms with Crippen molar-refractivity contribution in [3.63, 3.8) is 0 Å². The summed E-state index contributed by atoms with van der Waals surface area (Å²) in [7, 11) is 0. The first-order valence-electron chi connectivity index (χ1n) is 5.56. The van der Waals surface area contributed by atoms with Crippen molar-refractivity contribution in [1.29, 1.82) is 0 Å². The van der Waals surface area contributed by atoms with Crippen molar-refractivity contribution in [3.8, 4) is 0 Å². The summed E-state index contributed by atoms with van der Waals surface area (Å²) >= 11 is 3.35. The molecule has 1 aliphatic carbocycles. The molecule has 1 aliphatic heterocycles. The number of imidazole rings is 1. The highest BCUT2D eigenvalue weighted by Gasteiger charge is 2.50. The second-order valence-corrected chi connectivity index (χ2v) is 5.76. The predicted molar refractivity (Wildman–Crippen MR) is 62.9 cm³/mol. The Hall–Kier alpha value is -0.900. The molecule has 0 unspecified atom stereocenters. The zero-order valence-corrected chi connectivity index (χ0v) is 10.2. The molecular formula is C12H10BrFN2. The normalized spacial score (nSPS) is 20.6. The summed E-state index contributed by atoms with van der Waals surface area (Å²) in [6.07, 6.45) is 4.62. The van der Waals surface area contributed by atoms with Crippen molar-refractivity contribution in [3.05, 3.63) is 28.2 Å². The standard InChI is InChI=1S/C12H10BrFN2/c13-7-5-8(14)11-9(6-7)16-10(15-11)1-2-12(16)3-4-12/h5-6H,1-4H2. The fourth-order valence-corrected chi connectivity index (χ4v) is 3.34. The van der Waals surface area contributed by atoms with E-state index < -0.39 is 0 Å². The lowest BCUT2D eigenvalue weighted by atomic mass is 10.2. The minimum Gasteiger partial charge on any atom is -0.322 e. The van der Waals surface area contributed by atoms with Gasteiger partial charge in [-0.15, -0.1) is 0 Å². The third kappa shape index (κ3) is 0.986. The molecule has 0 saturated heterocycles. The van der Waals surface area contributed by atoms with Gasteiger partial charge in [-0.05, 0) is 31.4 Å². The molecule has 0 amide bonds. The number of benzene rings is 1. The molecule has 0 bridgehead atoms. The maximum Gasteiger partial charge on any atom is 0.152 e. The molecule has 1 spiro atoms. The molecule has 0 radical (unpaired) electrons. The van der Waals surface area contributed by atoms with Gasteiger partial charge >= 0.3 is 0 Å². The smallest absolute Gasteiger partial charge is 0.152 e. The van der Waals surface area contributed by atoms with Gasteiger partial charge in [0, 0.05) is 16.4 Å². The number of aryl methyl sites for hydroxylation is 1. The first-order valence-corrected chi connectivity index (χ1v) is 6.36. The second kappa shape index (κ2) is 2.67. The fourth-order valence-electron chi connectivity index (χ4n) is 2.92. The SMILES string of the molecule is Fc1cc(Br)cc2c1nc1n2C2(CC1)CC2. The maximum absolute atomic E-state index is 13.8. The maximum atomic E-state index is 13.8. The van der Waals surface area contributed by atoms with E-state index in [0.29, 0.717) is 5.52 Å². The summed E-state index contributed by atoms with van der Waals surface area (Å²) in [4.78, 5) is 4.44. The van der Waals surface area contributed by atoms with Crippen LogP contribution in [0.2, 0.25) is 0 Å². The van der Waals surface area contributed by atoms with Gasteiger partial charge in [-0.25, -0.2) is 9.37 Å². The fraction of sp³-hybridized carbons (Fsp3) is 0.417. The largest absolute Gasteiger partial charge is 0.322 e.